The molecule has 0 radical (unpaired) electrons. The number of aromatic nitrogens is 3. The van der Waals surface area contributed by atoms with Crippen LogP contribution >= 0.6 is 34.5 Å². The minimum atomic E-state index is -0.169. The summed E-state index contributed by atoms with van der Waals surface area (Å²) in [5.41, 5.74) is 4.43. The molecule has 2 heterocycles. The highest BCUT2D eigenvalue weighted by Gasteiger charge is 2.14. The molecule has 0 fully saturated rings. The van der Waals surface area contributed by atoms with Gasteiger partial charge in [-0.05, 0) is 44.0 Å². The Hall–Kier alpha value is -2.61. The van der Waals surface area contributed by atoms with E-state index in [0.29, 0.717) is 34.8 Å². The number of anilines is 1. The van der Waals surface area contributed by atoms with E-state index in [-0.39, 0.29) is 12.3 Å². The predicted octanol–water partition coefficient (Wildman–Crippen LogP) is 6.18. The highest BCUT2D eigenvalue weighted by atomic mass is 35.5. The van der Waals surface area contributed by atoms with Gasteiger partial charge in [-0.2, -0.15) is 4.98 Å². The topological polar surface area (TPSA) is 68.5 Å². The highest BCUT2D eigenvalue weighted by Crippen LogP contribution is 2.29. The van der Waals surface area contributed by atoms with Crippen molar-refractivity contribution >= 4 is 51.4 Å². The molecule has 0 bridgehead atoms. The van der Waals surface area contributed by atoms with Crippen molar-refractivity contribution in [1.29, 1.82) is 0 Å². The van der Waals surface area contributed by atoms with Crippen LogP contribution in [0.5, 0.6) is 5.75 Å². The second-order valence-corrected chi connectivity index (χ2v) is 8.82. The number of carbonyl (C=O) groups excluding carboxylic acids is 1. The number of fused-ring (bicyclic) bond motifs is 1. The first-order chi connectivity index (χ1) is 14.9. The van der Waals surface area contributed by atoms with Crippen molar-refractivity contribution in [3.8, 4) is 17.0 Å². The molecule has 0 atom stereocenters. The fourth-order valence-electron chi connectivity index (χ4n) is 3.22. The molecule has 2 aromatic carbocycles. The molecule has 0 aliphatic carbocycles. The maximum Gasteiger partial charge on any atom is 0.250 e. The van der Waals surface area contributed by atoms with Crippen molar-refractivity contribution in [3.63, 3.8) is 0 Å². The van der Waals surface area contributed by atoms with Crippen LogP contribution in [0.2, 0.25) is 10.0 Å². The number of nitrogens with zero attached hydrogens (tertiary/aromatic N) is 3. The van der Waals surface area contributed by atoms with E-state index in [9.17, 15) is 4.79 Å². The molecule has 0 aliphatic heterocycles. The lowest BCUT2D eigenvalue weighted by Crippen LogP contribution is -2.14. The normalized spacial score (nSPS) is 11.1. The van der Waals surface area contributed by atoms with Gasteiger partial charge in [-0.15, -0.1) is 16.4 Å². The standard InChI is InChI=1S/C22H20Cl2N4O2S/c1-13-5-7-16(14(2)10-13)18-12-31-22-26-21(27-28(18)22)25-20(29)4-3-9-30-19-8-6-15(23)11-17(19)24/h5-8,10-12H,3-4,9H2,1-2H3,(H,25,27,29). The van der Waals surface area contributed by atoms with Crippen LogP contribution in [0.25, 0.3) is 16.2 Å². The van der Waals surface area contributed by atoms with E-state index in [2.05, 4.69) is 47.4 Å². The van der Waals surface area contributed by atoms with Gasteiger partial charge in [-0.25, -0.2) is 4.52 Å². The average Bonchev–Trinajstić information content (AvgIpc) is 3.27. The van der Waals surface area contributed by atoms with E-state index in [1.165, 1.54) is 22.5 Å². The molecule has 0 saturated carbocycles. The van der Waals surface area contributed by atoms with Gasteiger partial charge in [0.05, 0.1) is 17.3 Å². The van der Waals surface area contributed by atoms with Gasteiger partial charge in [-0.1, -0.05) is 47.0 Å². The Labute approximate surface area is 193 Å². The van der Waals surface area contributed by atoms with E-state index >= 15 is 0 Å². The molecular formula is C22H20Cl2N4O2S. The average molecular weight is 475 g/mol. The van der Waals surface area contributed by atoms with Crippen molar-refractivity contribution in [1.82, 2.24) is 14.6 Å². The number of aryl methyl sites for hydroxylation is 2. The van der Waals surface area contributed by atoms with E-state index in [1.54, 1.807) is 22.7 Å². The number of nitrogens with one attached hydrogen (secondary N) is 1. The summed E-state index contributed by atoms with van der Waals surface area (Å²) < 4.78 is 7.38. The zero-order valence-electron chi connectivity index (χ0n) is 17.0. The first kappa shape index (κ1) is 21.6. The molecule has 2 aromatic heterocycles. The van der Waals surface area contributed by atoms with Gasteiger partial charge in [0.15, 0.2) is 0 Å². The number of hydrogen-bond donors (Lipinski definition) is 1. The molecule has 6 nitrogen and oxygen atoms in total. The van der Waals surface area contributed by atoms with Crippen molar-refractivity contribution in [3.05, 3.63) is 63.0 Å². The van der Waals surface area contributed by atoms with Gasteiger partial charge < -0.3 is 4.74 Å². The van der Waals surface area contributed by atoms with Crippen LogP contribution in [0.3, 0.4) is 0 Å². The van der Waals surface area contributed by atoms with Crippen molar-refractivity contribution in [2.45, 2.75) is 26.7 Å². The number of hydrogen-bond acceptors (Lipinski definition) is 5. The second kappa shape index (κ2) is 9.26. The summed E-state index contributed by atoms with van der Waals surface area (Å²) in [6, 6.07) is 11.3. The largest absolute Gasteiger partial charge is 0.492 e. The smallest absolute Gasteiger partial charge is 0.250 e. The molecule has 1 N–H and O–H groups in total. The molecule has 4 aromatic rings. The van der Waals surface area contributed by atoms with Gasteiger partial charge in [0.2, 0.25) is 16.8 Å². The Morgan fingerprint density at radius 2 is 2.03 bits per heavy atom. The zero-order chi connectivity index (χ0) is 22.0. The first-order valence-electron chi connectivity index (χ1n) is 9.70. The fourth-order valence-corrected chi connectivity index (χ4v) is 4.50. The molecule has 0 unspecified atom stereocenters. The molecule has 1 amide bonds. The molecule has 160 valence electrons. The van der Waals surface area contributed by atoms with Crippen molar-refractivity contribution in [2.24, 2.45) is 0 Å². The molecule has 0 spiro atoms. The summed E-state index contributed by atoms with van der Waals surface area (Å²) in [7, 11) is 0. The van der Waals surface area contributed by atoms with Gasteiger partial charge >= 0.3 is 0 Å². The Morgan fingerprint density at radius 3 is 2.81 bits per heavy atom. The Morgan fingerprint density at radius 1 is 1.19 bits per heavy atom. The lowest BCUT2D eigenvalue weighted by Gasteiger charge is -2.08. The number of carbonyl (C=O) groups is 1. The molecule has 9 heteroatoms. The Balaban J connectivity index is 1.35. The number of halogens is 2. The summed E-state index contributed by atoms with van der Waals surface area (Å²) in [6.45, 7) is 4.50. The van der Waals surface area contributed by atoms with Crippen LogP contribution in [0.15, 0.2) is 41.8 Å². The fraction of sp³-hybridized carbons (Fsp3) is 0.227. The van der Waals surface area contributed by atoms with Crippen LogP contribution in [0.1, 0.15) is 24.0 Å². The maximum absolute atomic E-state index is 12.3. The lowest BCUT2D eigenvalue weighted by atomic mass is 10.0. The number of thiazole rings is 1. The molecule has 0 saturated heterocycles. The van der Waals surface area contributed by atoms with Crippen LogP contribution in [0, 0.1) is 13.8 Å². The number of rotatable bonds is 7. The van der Waals surface area contributed by atoms with Gasteiger partial charge in [0.1, 0.15) is 5.75 Å². The van der Waals surface area contributed by atoms with E-state index in [0.717, 1.165) is 16.2 Å². The third-order valence-electron chi connectivity index (χ3n) is 4.69. The quantitative estimate of drug-likeness (QED) is 0.324. The molecule has 31 heavy (non-hydrogen) atoms. The summed E-state index contributed by atoms with van der Waals surface area (Å²) in [4.78, 5) is 17.4. The number of benzene rings is 2. The first-order valence-corrected chi connectivity index (χ1v) is 11.3. The Kier molecular flexibility index (Phi) is 6.46. The molecule has 4 rings (SSSR count). The van der Waals surface area contributed by atoms with Gasteiger partial charge in [0.25, 0.3) is 0 Å². The predicted molar refractivity (Wildman–Crippen MR) is 126 cm³/mol. The van der Waals surface area contributed by atoms with Crippen LogP contribution < -0.4 is 10.1 Å². The third kappa shape index (κ3) is 5.01. The van der Waals surface area contributed by atoms with E-state index in [1.807, 2.05) is 5.38 Å². The van der Waals surface area contributed by atoms with E-state index < -0.39 is 0 Å². The number of ether oxygens (including phenoxy) is 1. The zero-order valence-corrected chi connectivity index (χ0v) is 19.3. The number of amides is 1. The summed E-state index contributed by atoms with van der Waals surface area (Å²) in [5.74, 6) is 0.669. The summed E-state index contributed by atoms with van der Waals surface area (Å²) in [5, 5.41) is 10.2. The van der Waals surface area contributed by atoms with Crippen LogP contribution in [-0.2, 0) is 4.79 Å². The minimum Gasteiger partial charge on any atom is -0.492 e. The Bertz CT molecular complexity index is 1250. The highest BCUT2D eigenvalue weighted by molar-refractivity contribution is 7.15. The van der Waals surface area contributed by atoms with Crippen LogP contribution in [0.4, 0.5) is 5.95 Å². The van der Waals surface area contributed by atoms with E-state index in [4.69, 9.17) is 27.9 Å². The summed E-state index contributed by atoms with van der Waals surface area (Å²) >= 11 is 13.4. The molecule has 0 aliphatic rings. The van der Waals surface area contributed by atoms with Crippen molar-refractivity contribution in [2.75, 3.05) is 11.9 Å². The summed E-state index contributed by atoms with van der Waals surface area (Å²) in [6.07, 6.45) is 0.808. The third-order valence-corrected chi connectivity index (χ3v) is 6.04. The van der Waals surface area contributed by atoms with Gasteiger partial charge in [-0.3, -0.25) is 10.1 Å². The monoisotopic (exact) mass is 474 g/mol. The maximum atomic E-state index is 12.3. The molecular weight excluding hydrogens is 455 g/mol. The minimum absolute atomic E-state index is 0.169. The second-order valence-electron chi connectivity index (χ2n) is 7.14. The van der Waals surface area contributed by atoms with Crippen molar-refractivity contribution < 1.29 is 9.53 Å². The van der Waals surface area contributed by atoms with Crippen LogP contribution in [-0.4, -0.2) is 27.1 Å². The van der Waals surface area contributed by atoms with Gasteiger partial charge in [0, 0.05) is 22.4 Å². The SMILES string of the molecule is Cc1ccc(-c2csc3nc(NC(=O)CCCOc4ccc(Cl)cc4Cl)nn23)c(C)c1. The lowest BCUT2D eigenvalue weighted by molar-refractivity contribution is -0.116.